The minimum absolute atomic E-state index is 0.185. The van der Waals surface area contributed by atoms with Gasteiger partial charge < -0.3 is 4.74 Å². The summed E-state index contributed by atoms with van der Waals surface area (Å²) in [7, 11) is 0. The minimum atomic E-state index is -0.185. The van der Waals surface area contributed by atoms with Crippen molar-refractivity contribution in [1.82, 2.24) is 0 Å². The summed E-state index contributed by atoms with van der Waals surface area (Å²) in [6, 6.07) is 10.4. The number of esters is 1. The van der Waals surface area contributed by atoms with E-state index in [2.05, 4.69) is 31.2 Å². The highest BCUT2D eigenvalue weighted by molar-refractivity contribution is 5.65. The first kappa shape index (κ1) is 17.7. The molecule has 1 aromatic carbocycles. The van der Waals surface area contributed by atoms with Crippen LogP contribution >= 0.6 is 0 Å². The number of hydrogen-bond donors (Lipinski definition) is 0. The Labute approximate surface area is 129 Å². The lowest BCUT2D eigenvalue weighted by Crippen LogP contribution is -2.11. The molecule has 0 heterocycles. The van der Waals surface area contributed by atoms with Crippen LogP contribution in [0.25, 0.3) is 0 Å². The lowest BCUT2D eigenvalue weighted by Gasteiger charge is -2.17. The summed E-state index contributed by atoms with van der Waals surface area (Å²) in [5.74, 6) is 0.154. The molecule has 0 spiro atoms. The van der Waals surface area contributed by atoms with Crippen LogP contribution in [-0.2, 0) is 9.53 Å². The van der Waals surface area contributed by atoms with Gasteiger partial charge >= 0.3 is 5.97 Å². The second-order valence-electron chi connectivity index (χ2n) is 5.82. The Kier molecular flexibility index (Phi) is 9.60. The van der Waals surface area contributed by atoms with E-state index >= 15 is 0 Å². The van der Waals surface area contributed by atoms with E-state index < -0.39 is 0 Å². The van der Waals surface area contributed by atoms with Crippen LogP contribution < -0.4 is 0 Å². The Hall–Kier alpha value is -1.31. The van der Waals surface area contributed by atoms with Gasteiger partial charge in [0, 0.05) is 12.8 Å². The molecule has 0 radical (unpaired) electrons. The van der Waals surface area contributed by atoms with Crippen molar-refractivity contribution < 1.29 is 9.53 Å². The van der Waals surface area contributed by atoms with Gasteiger partial charge in [-0.05, 0) is 12.0 Å². The van der Waals surface area contributed by atoms with E-state index in [1.165, 1.54) is 57.4 Å². The van der Waals surface area contributed by atoms with Gasteiger partial charge in [0.1, 0.15) is 0 Å². The van der Waals surface area contributed by atoms with Gasteiger partial charge in [-0.2, -0.15) is 0 Å². The minimum Gasteiger partial charge on any atom is -0.465 e. The Morgan fingerprint density at radius 1 is 1.00 bits per heavy atom. The number of unbranched alkanes of at least 4 members (excludes halogenated alkanes) is 6. The third-order valence-corrected chi connectivity index (χ3v) is 3.91. The SMILES string of the molecule is CCCCCCCCCC(COC(C)=O)c1ccccc1. The fourth-order valence-electron chi connectivity index (χ4n) is 2.64. The van der Waals surface area contributed by atoms with Crippen molar-refractivity contribution in [3.8, 4) is 0 Å². The van der Waals surface area contributed by atoms with E-state index in [0.29, 0.717) is 12.5 Å². The van der Waals surface area contributed by atoms with Crippen molar-refractivity contribution in [2.24, 2.45) is 0 Å². The van der Waals surface area contributed by atoms with Crippen LogP contribution in [0.3, 0.4) is 0 Å². The zero-order valence-electron chi connectivity index (χ0n) is 13.6. The molecule has 118 valence electrons. The standard InChI is InChI=1S/C19H30O2/c1-3-4-5-6-7-8-10-15-19(16-21-17(2)20)18-13-11-9-12-14-18/h9,11-14,19H,3-8,10,15-16H2,1-2H3. The lowest BCUT2D eigenvalue weighted by molar-refractivity contribution is -0.141. The van der Waals surface area contributed by atoms with Crippen molar-refractivity contribution in [1.29, 1.82) is 0 Å². The summed E-state index contributed by atoms with van der Waals surface area (Å²) in [5.41, 5.74) is 1.28. The number of carbonyl (C=O) groups excluding carboxylic acids is 1. The fourth-order valence-corrected chi connectivity index (χ4v) is 2.64. The van der Waals surface area contributed by atoms with Crippen molar-refractivity contribution >= 4 is 5.97 Å². The number of hydrogen-bond acceptors (Lipinski definition) is 2. The zero-order chi connectivity index (χ0) is 15.3. The number of ether oxygens (including phenoxy) is 1. The zero-order valence-corrected chi connectivity index (χ0v) is 13.6. The predicted octanol–water partition coefficient (Wildman–Crippen LogP) is 5.47. The molecule has 0 aliphatic carbocycles. The van der Waals surface area contributed by atoms with Crippen LogP contribution in [0.2, 0.25) is 0 Å². The second-order valence-corrected chi connectivity index (χ2v) is 5.82. The molecule has 1 aromatic rings. The fraction of sp³-hybridized carbons (Fsp3) is 0.632. The summed E-state index contributed by atoms with van der Waals surface area (Å²) < 4.78 is 5.23. The molecule has 1 rings (SSSR count). The molecule has 2 nitrogen and oxygen atoms in total. The van der Waals surface area contributed by atoms with Crippen molar-refractivity contribution in [3.05, 3.63) is 35.9 Å². The molecule has 0 N–H and O–H groups in total. The van der Waals surface area contributed by atoms with Gasteiger partial charge in [-0.15, -0.1) is 0 Å². The average molecular weight is 290 g/mol. The first-order chi connectivity index (χ1) is 10.2. The molecule has 0 aliphatic heterocycles. The summed E-state index contributed by atoms with van der Waals surface area (Å²) in [4.78, 5) is 11.0. The average Bonchev–Trinajstić information content (AvgIpc) is 2.50. The maximum atomic E-state index is 11.0. The van der Waals surface area contributed by atoms with Gasteiger partial charge in [0.2, 0.25) is 0 Å². The number of benzene rings is 1. The molecular weight excluding hydrogens is 260 g/mol. The maximum absolute atomic E-state index is 11.0. The van der Waals surface area contributed by atoms with E-state index in [-0.39, 0.29) is 5.97 Å². The predicted molar refractivity (Wildman–Crippen MR) is 88.4 cm³/mol. The Balaban J connectivity index is 2.31. The number of carbonyl (C=O) groups is 1. The van der Waals surface area contributed by atoms with Crippen LogP contribution in [0.1, 0.15) is 76.7 Å². The molecular formula is C19H30O2. The summed E-state index contributed by atoms with van der Waals surface area (Å²) in [5, 5.41) is 0. The highest BCUT2D eigenvalue weighted by Crippen LogP contribution is 2.23. The van der Waals surface area contributed by atoms with Crippen molar-refractivity contribution in [2.45, 2.75) is 71.1 Å². The van der Waals surface area contributed by atoms with Gasteiger partial charge in [-0.25, -0.2) is 0 Å². The largest absolute Gasteiger partial charge is 0.465 e. The van der Waals surface area contributed by atoms with E-state index in [9.17, 15) is 4.79 Å². The van der Waals surface area contributed by atoms with Gasteiger partial charge in [-0.3, -0.25) is 4.79 Å². The van der Waals surface area contributed by atoms with E-state index in [1.807, 2.05) is 6.07 Å². The Morgan fingerprint density at radius 3 is 2.24 bits per heavy atom. The second kappa shape index (κ2) is 11.4. The Bertz CT molecular complexity index is 372. The molecule has 0 saturated carbocycles. The molecule has 0 fully saturated rings. The monoisotopic (exact) mass is 290 g/mol. The third kappa shape index (κ3) is 8.54. The van der Waals surface area contributed by atoms with E-state index in [0.717, 1.165) is 6.42 Å². The smallest absolute Gasteiger partial charge is 0.302 e. The maximum Gasteiger partial charge on any atom is 0.302 e. The van der Waals surface area contributed by atoms with E-state index in [4.69, 9.17) is 4.74 Å². The van der Waals surface area contributed by atoms with Gasteiger partial charge in [0.15, 0.2) is 0 Å². The molecule has 1 atom stereocenters. The van der Waals surface area contributed by atoms with Crippen molar-refractivity contribution in [3.63, 3.8) is 0 Å². The lowest BCUT2D eigenvalue weighted by atomic mass is 9.93. The highest BCUT2D eigenvalue weighted by atomic mass is 16.5. The van der Waals surface area contributed by atoms with Crippen LogP contribution in [0.4, 0.5) is 0 Å². The summed E-state index contributed by atoms with van der Waals surface area (Å²) in [6.07, 6.45) is 10.3. The summed E-state index contributed by atoms with van der Waals surface area (Å²) >= 11 is 0. The van der Waals surface area contributed by atoms with Crippen LogP contribution in [0.15, 0.2) is 30.3 Å². The first-order valence-electron chi connectivity index (χ1n) is 8.42. The Morgan fingerprint density at radius 2 is 1.62 bits per heavy atom. The molecule has 1 unspecified atom stereocenters. The first-order valence-corrected chi connectivity index (χ1v) is 8.42. The van der Waals surface area contributed by atoms with E-state index in [1.54, 1.807) is 0 Å². The third-order valence-electron chi connectivity index (χ3n) is 3.91. The van der Waals surface area contributed by atoms with Gasteiger partial charge in [-0.1, -0.05) is 82.2 Å². The van der Waals surface area contributed by atoms with Crippen molar-refractivity contribution in [2.75, 3.05) is 6.61 Å². The topological polar surface area (TPSA) is 26.3 Å². The number of rotatable bonds is 11. The summed E-state index contributed by atoms with van der Waals surface area (Å²) in [6.45, 7) is 4.24. The van der Waals surface area contributed by atoms with Crippen LogP contribution in [0, 0.1) is 0 Å². The molecule has 0 saturated heterocycles. The quantitative estimate of drug-likeness (QED) is 0.399. The van der Waals surface area contributed by atoms with Gasteiger partial charge in [0.25, 0.3) is 0 Å². The van der Waals surface area contributed by atoms with Crippen LogP contribution in [0.5, 0.6) is 0 Å². The molecule has 0 aliphatic rings. The molecule has 2 heteroatoms. The van der Waals surface area contributed by atoms with Gasteiger partial charge in [0.05, 0.1) is 6.61 Å². The molecule has 0 aromatic heterocycles. The molecule has 0 amide bonds. The molecule has 21 heavy (non-hydrogen) atoms. The molecule has 0 bridgehead atoms. The van der Waals surface area contributed by atoms with Crippen LogP contribution in [-0.4, -0.2) is 12.6 Å². The highest BCUT2D eigenvalue weighted by Gasteiger charge is 2.12. The normalized spacial score (nSPS) is 12.1.